The van der Waals surface area contributed by atoms with Crippen molar-refractivity contribution in [2.75, 3.05) is 43.2 Å². The molecular weight excluding hydrogens is 380 g/mol. The van der Waals surface area contributed by atoms with Crippen LogP contribution in [0.4, 0.5) is 16.5 Å². The average Bonchev–Trinajstić information content (AvgIpc) is 3.17. The predicted molar refractivity (Wildman–Crippen MR) is 108 cm³/mol. The molecule has 1 amide bonds. The molecule has 2 aromatic carbocycles. The Morgan fingerprint density at radius 3 is 2.71 bits per heavy atom. The van der Waals surface area contributed by atoms with Crippen molar-refractivity contribution in [2.24, 2.45) is 0 Å². The van der Waals surface area contributed by atoms with E-state index >= 15 is 0 Å². The van der Waals surface area contributed by atoms with Crippen LogP contribution in [0.3, 0.4) is 0 Å². The molecule has 0 aliphatic carbocycles. The number of non-ortho nitro benzene ring substituents is 1. The maximum Gasteiger partial charge on any atom is 0.270 e. The number of ether oxygens (including phenoxy) is 1. The molecule has 1 aliphatic heterocycles. The van der Waals surface area contributed by atoms with E-state index in [4.69, 9.17) is 4.74 Å². The lowest BCUT2D eigenvalue weighted by Gasteiger charge is -2.30. The Bertz CT molecular complexity index is 1010. The number of nitro groups is 1. The standard InChI is InChI=1S/C19H18N4O4S/c1-21(19-20-15-4-2-3-5-17(15)28-19)18(24)14-12-13(23(25)26)6-7-16(14)22-8-10-27-11-9-22/h2-7,12H,8-11H2,1H3. The first-order chi connectivity index (χ1) is 13.5. The summed E-state index contributed by atoms with van der Waals surface area (Å²) in [7, 11) is 1.64. The molecule has 0 atom stereocenters. The van der Waals surface area contributed by atoms with Crippen LogP contribution in [0.1, 0.15) is 10.4 Å². The summed E-state index contributed by atoms with van der Waals surface area (Å²) in [5.41, 5.74) is 1.66. The molecule has 3 aromatic rings. The molecule has 0 spiro atoms. The van der Waals surface area contributed by atoms with Gasteiger partial charge in [0.05, 0.1) is 39.6 Å². The molecule has 4 rings (SSSR count). The smallest absolute Gasteiger partial charge is 0.270 e. The fourth-order valence-corrected chi connectivity index (χ4v) is 4.09. The van der Waals surface area contributed by atoms with Crippen LogP contribution in [0.2, 0.25) is 0 Å². The number of rotatable bonds is 4. The second kappa shape index (κ2) is 7.53. The van der Waals surface area contributed by atoms with E-state index in [0.717, 1.165) is 10.2 Å². The van der Waals surface area contributed by atoms with Crippen molar-refractivity contribution >= 4 is 44.0 Å². The quantitative estimate of drug-likeness (QED) is 0.495. The minimum Gasteiger partial charge on any atom is -0.378 e. The van der Waals surface area contributed by atoms with Gasteiger partial charge in [-0.05, 0) is 18.2 Å². The Kier molecular flexibility index (Phi) is 4.93. The van der Waals surface area contributed by atoms with E-state index in [0.29, 0.717) is 37.1 Å². The van der Waals surface area contributed by atoms with Crippen LogP contribution in [0.25, 0.3) is 10.2 Å². The summed E-state index contributed by atoms with van der Waals surface area (Å²) >= 11 is 1.41. The Hall–Kier alpha value is -3.04. The number of morpholine rings is 1. The molecule has 0 bridgehead atoms. The van der Waals surface area contributed by atoms with Gasteiger partial charge in [0.1, 0.15) is 0 Å². The highest BCUT2D eigenvalue weighted by molar-refractivity contribution is 7.22. The lowest BCUT2D eigenvalue weighted by atomic mass is 10.1. The van der Waals surface area contributed by atoms with E-state index in [9.17, 15) is 14.9 Å². The topological polar surface area (TPSA) is 88.8 Å². The SMILES string of the molecule is CN(C(=O)c1cc([N+](=O)[O-])ccc1N1CCOCC1)c1nc2ccccc2s1. The predicted octanol–water partition coefficient (Wildman–Crippen LogP) is 3.32. The average molecular weight is 398 g/mol. The van der Waals surface area contributed by atoms with Crippen LogP contribution in [0.5, 0.6) is 0 Å². The molecule has 0 unspecified atom stereocenters. The number of carbonyl (C=O) groups excluding carboxylic acids is 1. The van der Waals surface area contributed by atoms with Gasteiger partial charge in [-0.2, -0.15) is 0 Å². The van der Waals surface area contributed by atoms with Crippen molar-refractivity contribution in [3.8, 4) is 0 Å². The summed E-state index contributed by atoms with van der Waals surface area (Å²) in [5.74, 6) is -0.329. The molecule has 28 heavy (non-hydrogen) atoms. The van der Waals surface area contributed by atoms with Crippen LogP contribution in [0, 0.1) is 10.1 Å². The third-order valence-corrected chi connectivity index (χ3v) is 5.76. The Morgan fingerprint density at radius 2 is 2.00 bits per heavy atom. The number of carbonyl (C=O) groups is 1. The number of anilines is 2. The van der Waals surface area contributed by atoms with Crippen LogP contribution in [-0.4, -0.2) is 49.2 Å². The van der Waals surface area contributed by atoms with Crippen LogP contribution >= 0.6 is 11.3 Å². The van der Waals surface area contributed by atoms with Crippen molar-refractivity contribution in [1.29, 1.82) is 0 Å². The molecule has 0 N–H and O–H groups in total. The number of fused-ring (bicyclic) bond motifs is 1. The first-order valence-electron chi connectivity index (χ1n) is 8.79. The highest BCUT2D eigenvalue weighted by Gasteiger charge is 2.25. The number of para-hydroxylation sites is 1. The summed E-state index contributed by atoms with van der Waals surface area (Å²) < 4.78 is 6.36. The van der Waals surface area contributed by atoms with Crippen molar-refractivity contribution in [3.63, 3.8) is 0 Å². The molecule has 8 nitrogen and oxygen atoms in total. The lowest BCUT2D eigenvalue weighted by molar-refractivity contribution is -0.384. The molecule has 0 radical (unpaired) electrons. The molecule has 0 saturated carbocycles. The number of aromatic nitrogens is 1. The zero-order valence-electron chi connectivity index (χ0n) is 15.2. The molecule has 1 fully saturated rings. The maximum absolute atomic E-state index is 13.3. The molecule has 2 heterocycles. The minimum absolute atomic E-state index is 0.113. The van der Waals surface area contributed by atoms with Gasteiger partial charge in [-0.25, -0.2) is 4.98 Å². The first-order valence-corrected chi connectivity index (χ1v) is 9.61. The number of nitro benzene ring substituents is 1. The highest BCUT2D eigenvalue weighted by atomic mass is 32.1. The largest absolute Gasteiger partial charge is 0.378 e. The Morgan fingerprint density at radius 1 is 1.25 bits per heavy atom. The van der Waals surface area contributed by atoms with Gasteiger partial charge in [-0.3, -0.25) is 19.8 Å². The monoisotopic (exact) mass is 398 g/mol. The van der Waals surface area contributed by atoms with Gasteiger partial charge in [0.2, 0.25) is 0 Å². The number of hydrogen-bond acceptors (Lipinski definition) is 7. The van der Waals surface area contributed by atoms with Gasteiger partial charge in [0.15, 0.2) is 5.13 Å². The lowest BCUT2D eigenvalue weighted by Crippen LogP contribution is -2.38. The van der Waals surface area contributed by atoms with Crippen molar-refractivity contribution in [3.05, 3.63) is 58.1 Å². The number of amides is 1. The second-order valence-corrected chi connectivity index (χ2v) is 7.40. The molecule has 9 heteroatoms. The minimum atomic E-state index is -0.489. The summed E-state index contributed by atoms with van der Waals surface area (Å²) in [6.45, 7) is 2.36. The number of thiazole rings is 1. The van der Waals surface area contributed by atoms with Crippen LogP contribution in [-0.2, 0) is 4.74 Å². The fraction of sp³-hybridized carbons (Fsp3) is 0.263. The summed E-state index contributed by atoms with van der Waals surface area (Å²) in [5, 5.41) is 11.8. The molecule has 144 valence electrons. The highest BCUT2D eigenvalue weighted by Crippen LogP contribution is 2.32. The molecule has 1 aromatic heterocycles. The van der Waals surface area contributed by atoms with Gasteiger partial charge >= 0.3 is 0 Å². The number of benzene rings is 2. The molecular formula is C19H18N4O4S. The molecule has 1 saturated heterocycles. The second-order valence-electron chi connectivity index (χ2n) is 6.39. The molecule has 1 aliphatic rings. The van der Waals surface area contributed by atoms with Gasteiger partial charge < -0.3 is 9.64 Å². The van der Waals surface area contributed by atoms with E-state index in [1.54, 1.807) is 13.1 Å². The number of hydrogen-bond donors (Lipinski definition) is 0. The summed E-state index contributed by atoms with van der Waals surface area (Å²) in [6, 6.07) is 12.1. The Balaban J connectivity index is 1.73. The van der Waals surface area contributed by atoms with Crippen molar-refractivity contribution in [1.82, 2.24) is 4.98 Å². The summed E-state index contributed by atoms with van der Waals surface area (Å²) in [4.78, 5) is 32.0. The van der Waals surface area contributed by atoms with Gasteiger partial charge in [-0.1, -0.05) is 23.5 Å². The normalized spacial score (nSPS) is 14.2. The zero-order chi connectivity index (χ0) is 19.7. The van der Waals surface area contributed by atoms with E-state index in [1.165, 1.54) is 28.4 Å². The fourth-order valence-electron chi connectivity index (χ4n) is 3.16. The van der Waals surface area contributed by atoms with Crippen LogP contribution < -0.4 is 9.80 Å². The van der Waals surface area contributed by atoms with Crippen LogP contribution in [0.15, 0.2) is 42.5 Å². The van der Waals surface area contributed by atoms with Gasteiger partial charge in [0.25, 0.3) is 11.6 Å². The van der Waals surface area contributed by atoms with E-state index in [1.807, 2.05) is 29.2 Å². The van der Waals surface area contributed by atoms with Crippen molar-refractivity contribution < 1.29 is 14.5 Å². The number of nitrogens with zero attached hydrogens (tertiary/aromatic N) is 4. The summed E-state index contributed by atoms with van der Waals surface area (Å²) in [6.07, 6.45) is 0. The first kappa shape index (κ1) is 18.3. The van der Waals surface area contributed by atoms with Gasteiger partial charge in [-0.15, -0.1) is 0 Å². The zero-order valence-corrected chi connectivity index (χ0v) is 16.0. The van der Waals surface area contributed by atoms with E-state index in [-0.39, 0.29) is 17.2 Å². The van der Waals surface area contributed by atoms with Crippen molar-refractivity contribution in [2.45, 2.75) is 0 Å². The third-order valence-electron chi connectivity index (χ3n) is 4.65. The van der Waals surface area contributed by atoms with E-state index in [2.05, 4.69) is 4.98 Å². The van der Waals surface area contributed by atoms with E-state index < -0.39 is 4.92 Å². The third kappa shape index (κ3) is 3.41. The maximum atomic E-state index is 13.3. The Labute approximate surface area is 165 Å². The van der Waals surface area contributed by atoms with Gasteiger partial charge in [0, 0.05) is 32.3 Å².